The summed E-state index contributed by atoms with van der Waals surface area (Å²) >= 11 is 0. The molecule has 0 saturated carbocycles. The van der Waals surface area contributed by atoms with E-state index in [0.717, 1.165) is 10.6 Å². The number of hydrogen-bond acceptors (Lipinski definition) is 6. The van der Waals surface area contributed by atoms with Crippen molar-refractivity contribution in [2.45, 2.75) is 30.2 Å². The Balaban J connectivity index is 1.70. The van der Waals surface area contributed by atoms with Crippen molar-refractivity contribution in [3.05, 3.63) is 59.0 Å². The summed E-state index contributed by atoms with van der Waals surface area (Å²) < 4.78 is 54.7. The van der Waals surface area contributed by atoms with E-state index in [0.29, 0.717) is 0 Å². The number of nitrogens with zero attached hydrogens (tertiary/aromatic N) is 4. The third kappa shape index (κ3) is 5.35. The number of amides is 1. The van der Waals surface area contributed by atoms with Crippen LogP contribution in [0.2, 0.25) is 0 Å². The zero-order valence-electron chi connectivity index (χ0n) is 18.6. The number of sulfonamides is 2. The van der Waals surface area contributed by atoms with Gasteiger partial charge >= 0.3 is 0 Å². The Morgan fingerprint density at radius 2 is 1.48 bits per heavy atom. The van der Waals surface area contributed by atoms with Gasteiger partial charge in [0.1, 0.15) is 6.54 Å². The normalized spacial score (nSPS) is 15.7. The van der Waals surface area contributed by atoms with E-state index in [4.69, 9.17) is 0 Å². The van der Waals surface area contributed by atoms with Crippen LogP contribution in [0.5, 0.6) is 0 Å². The topological polar surface area (TPSA) is 117 Å². The van der Waals surface area contributed by atoms with Gasteiger partial charge in [-0.3, -0.25) is 9.59 Å². The molecule has 33 heavy (non-hydrogen) atoms. The van der Waals surface area contributed by atoms with Crippen LogP contribution in [-0.2, 0) is 31.4 Å². The van der Waals surface area contributed by atoms with Gasteiger partial charge in [-0.15, -0.1) is 0 Å². The van der Waals surface area contributed by atoms with E-state index in [1.807, 2.05) is 0 Å². The first kappa shape index (κ1) is 25.1. The van der Waals surface area contributed by atoms with Crippen LogP contribution in [0, 0.1) is 0 Å². The maximum absolute atomic E-state index is 12.8. The zero-order valence-corrected chi connectivity index (χ0v) is 20.3. The Morgan fingerprint density at radius 1 is 0.879 bits per heavy atom. The highest BCUT2D eigenvalue weighted by molar-refractivity contribution is 7.89. The molecular formula is C21H28N4O6S2. The molecule has 1 amide bonds. The number of rotatable bonds is 8. The van der Waals surface area contributed by atoms with Crippen molar-refractivity contribution in [3.63, 3.8) is 0 Å². The molecule has 0 bridgehead atoms. The quantitative estimate of drug-likeness (QED) is 0.523. The minimum Gasteiger partial charge on any atom is -0.339 e. The minimum absolute atomic E-state index is 0.0580. The average Bonchev–Trinajstić information content (AvgIpc) is 2.81. The lowest BCUT2D eigenvalue weighted by atomic mass is 10.3. The third-order valence-electron chi connectivity index (χ3n) is 5.58. The number of piperazine rings is 1. The molecule has 1 aliphatic heterocycles. The maximum atomic E-state index is 12.8. The summed E-state index contributed by atoms with van der Waals surface area (Å²) in [6, 6.07) is 10.5. The molecule has 1 aliphatic rings. The predicted molar refractivity (Wildman–Crippen MR) is 123 cm³/mol. The lowest BCUT2D eigenvalue weighted by molar-refractivity contribution is -0.133. The van der Waals surface area contributed by atoms with E-state index in [9.17, 15) is 26.4 Å². The fourth-order valence-electron chi connectivity index (χ4n) is 3.66. The standard InChI is InChI=1S/C21H28N4O6S2/c1-3-24(4-2)33(30,31)19-10-11-20(26)23(16-19)17-21(27)22-12-14-25(15-13-22)32(28,29)18-8-6-5-7-9-18/h5-11,16H,3-4,12-15,17H2,1-2H3. The number of hydrogen-bond donors (Lipinski definition) is 0. The van der Waals surface area contributed by atoms with Crippen LogP contribution < -0.4 is 5.56 Å². The summed E-state index contributed by atoms with van der Waals surface area (Å²) in [6.07, 6.45) is 1.18. The molecule has 2 heterocycles. The predicted octanol–water partition coefficient (Wildman–Crippen LogP) is 0.412. The molecule has 0 N–H and O–H groups in total. The van der Waals surface area contributed by atoms with Gasteiger partial charge in [0.15, 0.2) is 0 Å². The van der Waals surface area contributed by atoms with E-state index in [-0.39, 0.29) is 61.5 Å². The minimum atomic E-state index is -3.78. The van der Waals surface area contributed by atoms with Crippen molar-refractivity contribution in [3.8, 4) is 0 Å². The van der Waals surface area contributed by atoms with Gasteiger partial charge in [0.05, 0.1) is 9.79 Å². The van der Waals surface area contributed by atoms with E-state index in [1.165, 1.54) is 37.9 Å². The van der Waals surface area contributed by atoms with E-state index in [1.54, 1.807) is 32.0 Å². The van der Waals surface area contributed by atoms with Crippen molar-refractivity contribution in [1.29, 1.82) is 0 Å². The van der Waals surface area contributed by atoms with Crippen LogP contribution in [0.15, 0.2) is 63.2 Å². The van der Waals surface area contributed by atoms with Crippen LogP contribution in [-0.4, -0.2) is 80.1 Å². The fraction of sp³-hybridized carbons (Fsp3) is 0.429. The number of pyridine rings is 1. The SMILES string of the molecule is CCN(CC)S(=O)(=O)c1ccc(=O)n(CC(=O)N2CCN(S(=O)(=O)c3ccccc3)CC2)c1. The van der Waals surface area contributed by atoms with Crippen molar-refractivity contribution in [2.75, 3.05) is 39.3 Å². The Labute approximate surface area is 194 Å². The highest BCUT2D eigenvalue weighted by Gasteiger charge is 2.30. The Kier molecular flexibility index (Phi) is 7.73. The van der Waals surface area contributed by atoms with Crippen LogP contribution in [0.4, 0.5) is 0 Å². The summed E-state index contributed by atoms with van der Waals surface area (Å²) in [6.45, 7) is 4.30. The summed E-state index contributed by atoms with van der Waals surface area (Å²) in [7, 11) is -7.42. The maximum Gasteiger partial charge on any atom is 0.251 e. The smallest absolute Gasteiger partial charge is 0.251 e. The van der Waals surface area contributed by atoms with Gasteiger partial charge < -0.3 is 9.47 Å². The fourth-order valence-corrected chi connectivity index (χ4v) is 6.58. The Bertz CT molecular complexity index is 1250. The van der Waals surface area contributed by atoms with Crippen LogP contribution in [0.3, 0.4) is 0 Å². The number of carbonyl (C=O) groups excluding carboxylic acids is 1. The van der Waals surface area contributed by atoms with Crippen LogP contribution >= 0.6 is 0 Å². The molecule has 10 nitrogen and oxygen atoms in total. The molecule has 12 heteroatoms. The van der Waals surface area contributed by atoms with Crippen molar-refractivity contribution >= 4 is 26.0 Å². The molecule has 1 fully saturated rings. The van der Waals surface area contributed by atoms with E-state index in [2.05, 4.69) is 0 Å². The number of carbonyl (C=O) groups is 1. The van der Waals surface area contributed by atoms with Gasteiger partial charge in [-0.05, 0) is 18.2 Å². The van der Waals surface area contributed by atoms with Crippen LogP contribution in [0.25, 0.3) is 0 Å². The van der Waals surface area contributed by atoms with Gasteiger partial charge in [-0.25, -0.2) is 16.8 Å². The van der Waals surface area contributed by atoms with Gasteiger partial charge in [-0.2, -0.15) is 8.61 Å². The third-order valence-corrected chi connectivity index (χ3v) is 9.52. The largest absolute Gasteiger partial charge is 0.339 e. The molecule has 3 rings (SSSR count). The average molecular weight is 497 g/mol. The number of aromatic nitrogens is 1. The molecule has 1 aromatic heterocycles. The monoisotopic (exact) mass is 496 g/mol. The van der Waals surface area contributed by atoms with Crippen molar-refractivity contribution in [1.82, 2.24) is 18.1 Å². The van der Waals surface area contributed by atoms with Crippen molar-refractivity contribution < 1.29 is 21.6 Å². The van der Waals surface area contributed by atoms with Gasteiger partial charge in [0.2, 0.25) is 26.0 Å². The highest BCUT2D eigenvalue weighted by Crippen LogP contribution is 2.18. The van der Waals surface area contributed by atoms with Gasteiger partial charge in [-0.1, -0.05) is 32.0 Å². The molecule has 180 valence electrons. The molecule has 0 aliphatic carbocycles. The van der Waals surface area contributed by atoms with Gasteiger partial charge in [0.25, 0.3) is 5.56 Å². The second-order valence-corrected chi connectivity index (χ2v) is 11.4. The molecule has 0 spiro atoms. The Hall–Kier alpha value is -2.54. The summed E-state index contributed by atoms with van der Waals surface area (Å²) in [5.74, 6) is -0.383. The molecule has 1 saturated heterocycles. The second-order valence-electron chi connectivity index (χ2n) is 7.52. The summed E-state index contributed by atoms with van der Waals surface area (Å²) in [5.41, 5.74) is -0.493. The van der Waals surface area contributed by atoms with E-state index < -0.39 is 25.6 Å². The highest BCUT2D eigenvalue weighted by atomic mass is 32.2. The first-order valence-corrected chi connectivity index (χ1v) is 13.5. The van der Waals surface area contributed by atoms with Crippen molar-refractivity contribution in [2.24, 2.45) is 0 Å². The summed E-state index contributed by atoms with van der Waals surface area (Å²) in [5, 5.41) is 0. The molecule has 0 atom stereocenters. The first-order chi connectivity index (χ1) is 15.6. The second kappa shape index (κ2) is 10.2. The Morgan fingerprint density at radius 3 is 2.06 bits per heavy atom. The number of benzene rings is 1. The van der Waals surface area contributed by atoms with E-state index >= 15 is 0 Å². The summed E-state index contributed by atoms with van der Waals surface area (Å²) in [4.78, 5) is 26.7. The lowest BCUT2D eigenvalue weighted by Gasteiger charge is -2.34. The lowest BCUT2D eigenvalue weighted by Crippen LogP contribution is -2.51. The molecule has 1 aromatic carbocycles. The molecule has 0 radical (unpaired) electrons. The van der Waals surface area contributed by atoms with Gasteiger partial charge in [0, 0.05) is 51.5 Å². The zero-order chi connectivity index (χ0) is 24.2. The molecule has 2 aromatic rings. The molecule has 0 unspecified atom stereocenters. The molecular weight excluding hydrogens is 468 g/mol. The first-order valence-electron chi connectivity index (χ1n) is 10.6. The van der Waals surface area contributed by atoms with Crippen LogP contribution in [0.1, 0.15) is 13.8 Å².